The molecule has 0 aliphatic heterocycles. The Morgan fingerprint density at radius 3 is 2.42 bits per heavy atom. The Bertz CT molecular complexity index is 1300. The van der Waals surface area contributed by atoms with Crippen LogP contribution in [-0.2, 0) is 14.8 Å². The third-order valence-electron chi connectivity index (χ3n) is 4.96. The first kappa shape index (κ1) is 26.5. The van der Waals surface area contributed by atoms with Gasteiger partial charge in [-0.05, 0) is 67.9 Å². The number of hydrazone groups is 1. The standard InChI is InChI=1S/C27H29N3O5S/c1-4-17-35-25-8-6-7-22(18-25)19-28-29-27(31)20-30(23-11-9-21(3)10-12-23)36(32,33)26-15-13-24(14-16-26)34-5-2/h4,6-16,18-19H,1,5,17,20H2,2-3H3,(H,29,31)/b28-19-. The van der Waals surface area contributed by atoms with Gasteiger partial charge in [-0.15, -0.1) is 0 Å². The maximum absolute atomic E-state index is 13.5. The Morgan fingerprint density at radius 1 is 1.03 bits per heavy atom. The number of aryl methyl sites for hydroxylation is 1. The van der Waals surface area contributed by atoms with E-state index in [2.05, 4.69) is 17.1 Å². The summed E-state index contributed by atoms with van der Waals surface area (Å²) < 4.78 is 38.9. The molecule has 3 aromatic rings. The van der Waals surface area contributed by atoms with Crippen LogP contribution in [0.25, 0.3) is 0 Å². The van der Waals surface area contributed by atoms with Gasteiger partial charge >= 0.3 is 0 Å². The van der Waals surface area contributed by atoms with Gasteiger partial charge < -0.3 is 9.47 Å². The molecule has 0 radical (unpaired) electrons. The molecule has 3 aromatic carbocycles. The molecule has 9 heteroatoms. The summed E-state index contributed by atoms with van der Waals surface area (Å²) in [7, 11) is -4.04. The van der Waals surface area contributed by atoms with E-state index in [1.54, 1.807) is 66.7 Å². The van der Waals surface area contributed by atoms with Crippen molar-refractivity contribution in [1.82, 2.24) is 5.43 Å². The molecule has 0 aliphatic rings. The number of nitrogens with zero attached hydrogens (tertiary/aromatic N) is 2. The maximum Gasteiger partial charge on any atom is 0.264 e. The number of hydrogen-bond acceptors (Lipinski definition) is 6. The van der Waals surface area contributed by atoms with Gasteiger partial charge in [0.1, 0.15) is 24.7 Å². The zero-order valence-corrected chi connectivity index (χ0v) is 21.1. The molecule has 0 spiro atoms. The molecule has 0 atom stereocenters. The lowest BCUT2D eigenvalue weighted by Crippen LogP contribution is -2.39. The summed E-state index contributed by atoms with van der Waals surface area (Å²) in [5, 5.41) is 3.97. The first-order chi connectivity index (χ1) is 17.3. The van der Waals surface area contributed by atoms with E-state index in [1.165, 1.54) is 18.3 Å². The number of carbonyl (C=O) groups excluding carboxylic acids is 1. The molecule has 0 saturated heterocycles. The minimum atomic E-state index is -4.04. The predicted molar refractivity (Wildman–Crippen MR) is 141 cm³/mol. The minimum Gasteiger partial charge on any atom is -0.494 e. The Hall–Kier alpha value is -4.11. The van der Waals surface area contributed by atoms with E-state index in [0.717, 1.165) is 9.87 Å². The van der Waals surface area contributed by atoms with Gasteiger partial charge in [-0.3, -0.25) is 9.10 Å². The number of sulfonamides is 1. The largest absolute Gasteiger partial charge is 0.494 e. The Morgan fingerprint density at radius 2 is 1.75 bits per heavy atom. The number of amides is 1. The average molecular weight is 508 g/mol. The molecule has 36 heavy (non-hydrogen) atoms. The highest BCUT2D eigenvalue weighted by Gasteiger charge is 2.27. The van der Waals surface area contributed by atoms with Crippen molar-refractivity contribution in [2.75, 3.05) is 24.1 Å². The van der Waals surface area contributed by atoms with Crippen LogP contribution < -0.4 is 19.2 Å². The first-order valence-corrected chi connectivity index (χ1v) is 12.8. The smallest absolute Gasteiger partial charge is 0.264 e. The van der Waals surface area contributed by atoms with E-state index in [4.69, 9.17) is 9.47 Å². The van der Waals surface area contributed by atoms with Gasteiger partial charge in [0.05, 0.1) is 23.4 Å². The van der Waals surface area contributed by atoms with Crippen molar-refractivity contribution in [3.8, 4) is 11.5 Å². The number of hydrogen-bond donors (Lipinski definition) is 1. The summed E-state index contributed by atoms with van der Waals surface area (Å²) in [6.45, 7) is 7.73. The minimum absolute atomic E-state index is 0.0409. The van der Waals surface area contributed by atoms with Crippen molar-refractivity contribution in [3.05, 3.63) is 96.6 Å². The predicted octanol–water partition coefficient (Wildman–Crippen LogP) is 4.30. The van der Waals surface area contributed by atoms with Crippen molar-refractivity contribution in [2.45, 2.75) is 18.7 Å². The van der Waals surface area contributed by atoms with E-state index in [1.807, 2.05) is 13.8 Å². The van der Waals surface area contributed by atoms with Crippen molar-refractivity contribution in [2.24, 2.45) is 5.10 Å². The van der Waals surface area contributed by atoms with Crippen LogP contribution in [0.1, 0.15) is 18.1 Å². The molecule has 3 rings (SSSR count). The zero-order valence-electron chi connectivity index (χ0n) is 20.3. The third-order valence-corrected chi connectivity index (χ3v) is 6.75. The lowest BCUT2D eigenvalue weighted by molar-refractivity contribution is -0.119. The second-order valence-corrected chi connectivity index (χ2v) is 9.58. The lowest BCUT2D eigenvalue weighted by atomic mass is 10.2. The third kappa shape index (κ3) is 7.19. The van der Waals surface area contributed by atoms with E-state index in [-0.39, 0.29) is 4.90 Å². The van der Waals surface area contributed by atoms with Crippen LogP contribution in [0.5, 0.6) is 11.5 Å². The summed E-state index contributed by atoms with van der Waals surface area (Å²) in [5.74, 6) is 0.599. The highest BCUT2D eigenvalue weighted by Crippen LogP contribution is 2.25. The van der Waals surface area contributed by atoms with Crippen molar-refractivity contribution in [3.63, 3.8) is 0 Å². The van der Waals surface area contributed by atoms with Gasteiger partial charge in [0.15, 0.2) is 0 Å². The number of rotatable bonds is 12. The monoisotopic (exact) mass is 507 g/mol. The molecule has 0 aromatic heterocycles. The fraction of sp³-hybridized carbons (Fsp3) is 0.185. The van der Waals surface area contributed by atoms with Crippen LogP contribution in [0.4, 0.5) is 5.69 Å². The lowest BCUT2D eigenvalue weighted by Gasteiger charge is -2.24. The summed E-state index contributed by atoms with van der Waals surface area (Å²) in [6, 6.07) is 20.1. The van der Waals surface area contributed by atoms with Crippen LogP contribution in [0.3, 0.4) is 0 Å². The Labute approximate surface area is 211 Å². The summed E-state index contributed by atoms with van der Waals surface area (Å²) in [6.07, 6.45) is 3.10. The molecule has 8 nitrogen and oxygen atoms in total. The average Bonchev–Trinajstić information content (AvgIpc) is 2.87. The molecule has 1 amide bonds. The van der Waals surface area contributed by atoms with E-state index in [9.17, 15) is 13.2 Å². The summed E-state index contributed by atoms with van der Waals surface area (Å²) in [4.78, 5) is 12.8. The molecule has 0 bridgehead atoms. The number of benzene rings is 3. The molecule has 0 unspecified atom stereocenters. The van der Waals surface area contributed by atoms with Crippen molar-refractivity contribution < 1.29 is 22.7 Å². The van der Waals surface area contributed by atoms with Crippen LogP contribution in [-0.4, -0.2) is 40.3 Å². The summed E-state index contributed by atoms with van der Waals surface area (Å²) >= 11 is 0. The number of ether oxygens (including phenoxy) is 2. The molecule has 0 aliphatic carbocycles. The van der Waals surface area contributed by atoms with Crippen molar-refractivity contribution >= 4 is 27.8 Å². The molecule has 0 fully saturated rings. The van der Waals surface area contributed by atoms with Crippen molar-refractivity contribution in [1.29, 1.82) is 0 Å². The molecule has 188 valence electrons. The normalized spacial score (nSPS) is 11.2. The van der Waals surface area contributed by atoms with Crippen LogP contribution in [0.15, 0.2) is 95.4 Å². The second-order valence-electron chi connectivity index (χ2n) is 7.72. The Kier molecular flexibility index (Phi) is 9.24. The van der Waals surface area contributed by atoms with Gasteiger partial charge in [0, 0.05) is 0 Å². The van der Waals surface area contributed by atoms with Crippen LogP contribution >= 0.6 is 0 Å². The number of carbonyl (C=O) groups is 1. The number of nitrogens with one attached hydrogen (secondary N) is 1. The quantitative estimate of drug-likeness (QED) is 0.224. The maximum atomic E-state index is 13.5. The second kappa shape index (κ2) is 12.6. The fourth-order valence-electron chi connectivity index (χ4n) is 3.21. The molecule has 0 saturated carbocycles. The van der Waals surface area contributed by atoms with Gasteiger partial charge in [0.2, 0.25) is 0 Å². The zero-order chi connectivity index (χ0) is 26.0. The van der Waals surface area contributed by atoms with Crippen LogP contribution in [0.2, 0.25) is 0 Å². The first-order valence-electron chi connectivity index (χ1n) is 11.3. The number of anilines is 1. The van der Waals surface area contributed by atoms with E-state index >= 15 is 0 Å². The summed E-state index contributed by atoms with van der Waals surface area (Å²) in [5.41, 5.74) is 4.43. The molecule has 0 heterocycles. The SMILES string of the molecule is C=CCOc1cccc(/C=N\NC(=O)CN(c2ccc(C)cc2)S(=O)(=O)c2ccc(OCC)cc2)c1. The topological polar surface area (TPSA) is 97.3 Å². The van der Waals surface area contributed by atoms with Gasteiger partial charge in [-0.1, -0.05) is 42.5 Å². The fourth-order valence-corrected chi connectivity index (χ4v) is 4.63. The van der Waals surface area contributed by atoms with Crippen LogP contribution in [0, 0.1) is 6.92 Å². The van der Waals surface area contributed by atoms with E-state index in [0.29, 0.717) is 36.0 Å². The Balaban J connectivity index is 1.78. The molecular formula is C27H29N3O5S. The van der Waals surface area contributed by atoms with Gasteiger partial charge in [-0.2, -0.15) is 5.10 Å². The molecule has 1 N–H and O–H groups in total. The highest BCUT2D eigenvalue weighted by molar-refractivity contribution is 7.92. The highest BCUT2D eigenvalue weighted by atomic mass is 32.2. The molecular weight excluding hydrogens is 478 g/mol. The van der Waals surface area contributed by atoms with E-state index < -0.39 is 22.5 Å². The van der Waals surface area contributed by atoms with Gasteiger partial charge in [0.25, 0.3) is 15.9 Å². The van der Waals surface area contributed by atoms with Gasteiger partial charge in [-0.25, -0.2) is 13.8 Å².